The highest BCUT2D eigenvalue weighted by atomic mass is 35.5. The van der Waals surface area contributed by atoms with Gasteiger partial charge in [-0.3, -0.25) is 4.79 Å². The molecule has 0 fully saturated rings. The van der Waals surface area contributed by atoms with Crippen molar-refractivity contribution < 1.29 is 4.79 Å². The quantitative estimate of drug-likeness (QED) is 0.793. The molecule has 0 aliphatic heterocycles. The van der Waals surface area contributed by atoms with Gasteiger partial charge in [0.25, 0.3) is 0 Å². The van der Waals surface area contributed by atoms with E-state index in [9.17, 15) is 4.79 Å². The Kier molecular flexibility index (Phi) is 8.13. The Bertz CT molecular complexity index is 682. The van der Waals surface area contributed by atoms with Gasteiger partial charge in [-0.25, -0.2) is 4.68 Å². The first kappa shape index (κ1) is 21.2. The molecule has 138 valence electrons. The highest BCUT2D eigenvalue weighted by Crippen LogP contribution is 2.18. The van der Waals surface area contributed by atoms with Crippen LogP contribution in [0.25, 0.3) is 5.69 Å². The summed E-state index contributed by atoms with van der Waals surface area (Å²) in [5.41, 5.74) is 9.65. The number of nitrogens with one attached hydrogen (secondary N) is 1. The van der Waals surface area contributed by atoms with Gasteiger partial charge in [0.15, 0.2) is 0 Å². The summed E-state index contributed by atoms with van der Waals surface area (Å²) < 4.78 is 1.90. The van der Waals surface area contributed by atoms with E-state index in [0.29, 0.717) is 18.9 Å². The fourth-order valence-electron chi connectivity index (χ4n) is 2.97. The van der Waals surface area contributed by atoms with Gasteiger partial charge in [0, 0.05) is 23.8 Å². The minimum atomic E-state index is 0. The van der Waals surface area contributed by atoms with Gasteiger partial charge in [0.1, 0.15) is 0 Å². The van der Waals surface area contributed by atoms with Crippen LogP contribution in [0.2, 0.25) is 0 Å². The molecule has 1 unspecified atom stereocenters. The first-order valence-electron chi connectivity index (χ1n) is 8.52. The Labute approximate surface area is 156 Å². The van der Waals surface area contributed by atoms with E-state index in [-0.39, 0.29) is 24.4 Å². The number of carbonyl (C=O) groups excluding carboxylic acids is 1. The van der Waals surface area contributed by atoms with Crippen molar-refractivity contribution in [3.63, 3.8) is 0 Å². The molecule has 5 nitrogen and oxygen atoms in total. The number of para-hydroxylation sites is 1. The molecule has 1 aromatic carbocycles. The Morgan fingerprint density at radius 2 is 1.88 bits per heavy atom. The maximum atomic E-state index is 12.4. The van der Waals surface area contributed by atoms with E-state index in [1.165, 1.54) is 0 Å². The van der Waals surface area contributed by atoms with Gasteiger partial charge in [-0.2, -0.15) is 5.10 Å². The summed E-state index contributed by atoms with van der Waals surface area (Å²) in [4.78, 5) is 12.4. The highest BCUT2D eigenvalue weighted by Gasteiger charge is 2.18. The lowest BCUT2D eigenvalue weighted by molar-refractivity contribution is -0.121. The van der Waals surface area contributed by atoms with Crippen LogP contribution in [0.4, 0.5) is 0 Å². The maximum absolute atomic E-state index is 12.4. The zero-order valence-electron chi connectivity index (χ0n) is 15.5. The van der Waals surface area contributed by atoms with Gasteiger partial charge in [-0.15, -0.1) is 12.4 Å². The van der Waals surface area contributed by atoms with E-state index in [1.807, 2.05) is 48.9 Å². The summed E-state index contributed by atoms with van der Waals surface area (Å²) in [5.74, 6) is 0.507. The molecule has 0 spiro atoms. The van der Waals surface area contributed by atoms with Crippen molar-refractivity contribution in [3.8, 4) is 5.69 Å². The largest absolute Gasteiger partial charge is 0.352 e. The zero-order valence-corrected chi connectivity index (χ0v) is 16.3. The number of nitrogens with zero attached hydrogens (tertiary/aromatic N) is 2. The zero-order chi connectivity index (χ0) is 17.7. The molecule has 0 bridgehead atoms. The van der Waals surface area contributed by atoms with Crippen LogP contribution >= 0.6 is 12.4 Å². The predicted octanol–water partition coefficient (Wildman–Crippen LogP) is 2.94. The molecular formula is C19H29ClN4O. The van der Waals surface area contributed by atoms with Crippen LogP contribution in [-0.4, -0.2) is 28.3 Å². The van der Waals surface area contributed by atoms with E-state index >= 15 is 0 Å². The van der Waals surface area contributed by atoms with E-state index in [1.54, 1.807) is 0 Å². The van der Waals surface area contributed by atoms with Crippen LogP contribution in [-0.2, 0) is 11.2 Å². The fourth-order valence-corrected chi connectivity index (χ4v) is 2.97. The molecule has 2 aromatic rings. The minimum Gasteiger partial charge on any atom is -0.352 e. The van der Waals surface area contributed by atoms with Crippen LogP contribution in [0.3, 0.4) is 0 Å². The Morgan fingerprint density at radius 3 is 2.44 bits per heavy atom. The summed E-state index contributed by atoms with van der Waals surface area (Å²) in [7, 11) is 0. The third kappa shape index (κ3) is 5.58. The lowest BCUT2D eigenvalue weighted by atomic mass is 10.0. The van der Waals surface area contributed by atoms with Crippen molar-refractivity contribution >= 4 is 18.3 Å². The number of hydrogen-bond donors (Lipinski definition) is 2. The lowest BCUT2D eigenvalue weighted by Gasteiger charge is -2.18. The topological polar surface area (TPSA) is 72.9 Å². The van der Waals surface area contributed by atoms with Crippen LogP contribution in [0.15, 0.2) is 30.3 Å². The molecule has 6 heteroatoms. The third-order valence-electron chi connectivity index (χ3n) is 4.18. The summed E-state index contributed by atoms with van der Waals surface area (Å²) in [6.45, 7) is 8.68. The van der Waals surface area contributed by atoms with Crippen molar-refractivity contribution in [2.24, 2.45) is 11.7 Å². The average Bonchev–Trinajstić information content (AvgIpc) is 2.82. The minimum absolute atomic E-state index is 0. The molecular weight excluding hydrogens is 336 g/mol. The number of carbonyl (C=O) groups is 1. The fraction of sp³-hybridized carbons (Fsp3) is 0.474. The molecule has 2 rings (SSSR count). The first-order valence-corrected chi connectivity index (χ1v) is 8.52. The highest BCUT2D eigenvalue weighted by molar-refractivity contribution is 5.85. The smallest absolute Gasteiger partial charge is 0.224 e. The van der Waals surface area contributed by atoms with Crippen molar-refractivity contribution in [2.75, 3.05) is 6.54 Å². The molecule has 25 heavy (non-hydrogen) atoms. The number of rotatable bonds is 7. The molecule has 0 saturated carbocycles. The normalized spacial score (nSPS) is 11.9. The number of halogens is 1. The standard InChI is InChI=1S/C19H28N4O.ClH/c1-13(2)10-16(12-20)21-19(24)11-18-14(3)22-23(15(18)4)17-8-6-5-7-9-17;/h5-9,13,16H,10-12,20H2,1-4H3,(H,21,24);1H. The van der Waals surface area contributed by atoms with Crippen LogP contribution in [0.5, 0.6) is 0 Å². The van der Waals surface area contributed by atoms with E-state index < -0.39 is 0 Å². The third-order valence-corrected chi connectivity index (χ3v) is 4.18. The van der Waals surface area contributed by atoms with Crippen molar-refractivity contribution in [3.05, 3.63) is 47.3 Å². The second-order valence-electron chi connectivity index (χ2n) is 6.70. The van der Waals surface area contributed by atoms with E-state index in [2.05, 4.69) is 24.3 Å². The van der Waals surface area contributed by atoms with Crippen LogP contribution in [0.1, 0.15) is 37.2 Å². The Morgan fingerprint density at radius 1 is 1.24 bits per heavy atom. The second-order valence-corrected chi connectivity index (χ2v) is 6.70. The molecule has 0 radical (unpaired) electrons. The molecule has 0 aliphatic rings. The monoisotopic (exact) mass is 364 g/mol. The maximum Gasteiger partial charge on any atom is 0.224 e. The predicted molar refractivity (Wildman–Crippen MR) is 104 cm³/mol. The first-order chi connectivity index (χ1) is 11.4. The van der Waals surface area contributed by atoms with Gasteiger partial charge in [0.05, 0.1) is 17.8 Å². The van der Waals surface area contributed by atoms with Crippen LogP contribution < -0.4 is 11.1 Å². The molecule has 1 heterocycles. The number of aryl methyl sites for hydroxylation is 1. The summed E-state index contributed by atoms with van der Waals surface area (Å²) in [5, 5.41) is 7.64. The van der Waals surface area contributed by atoms with Gasteiger partial charge in [-0.05, 0) is 38.3 Å². The molecule has 3 N–H and O–H groups in total. The molecule has 0 aliphatic carbocycles. The van der Waals surface area contributed by atoms with E-state index in [0.717, 1.165) is 29.1 Å². The second kappa shape index (κ2) is 9.59. The number of nitrogens with two attached hydrogens (primary N) is 1. The van der Waals surface area contributed by atoms with Crippen molar-refractivity contribution in [2.45, 2.75) is 46.6 Å². The number of benzene rings is 1. The summed E-state index contributed by atoms with van der Waals surface area (Å²) >= 11 is 0. The molecule has 1 amide bonds. The average molecular weight is 365 g/mol. The van der Waals surface area contributed by atoms with Crippen molar-refractivity contribution in [1.29, 1.82) is 0 Å². The van der Waals surface area contributed by atoms with Gasteiger partial charge >= 0.3 is 0 Å². The molecule has 1 aromatic heterocycles. The van der Waals surface area contributed by atoms with Gasteiger partial charge in [-0.1, -0.05) is 32.0 Å². The number of hydrogen-bond acceptors (Lipinski definition) is 3. The Hall–Kier alpha value is -1.85. The lowest BCUT2D eigenvalue weighted by Crippen LogP contribution is -2.41. The summed E-state index contributed by atoms with van der Waals surface area (Å²) in [6, 6.07) is 9.99. The van der Waals surface area contributed by atoms with Crippen LogP contribution in [0, 0.1) is 19.8 Å². The molecule has 0 saturated heterocycles. The SMILES string of the molecule is Cc1nn(-c2ccccc2)c(C)c1CC(=O)NC(CN)CC(C)C.Cl. The van der Waals surface area contributed by atoms with Crippen molar-refractivity contribution in [1.82, 2.24) is 15.1 Å². The van der Waals surface area contributed by atoms with Gasteiger partial charge < -0.3 is 11.1 Å². The number of amides is 1. The number of aromatic nitrogens is 2. The summed E-state index contributed by atoms with van der Waals surface area (Å²) in [6.07, 6.45) is 1.22. The van der Waals surface area contributed by atoms with E-state index in [4.69, 9.17) is 5.73 Å². The molecule has 1 atom stereocenters. The van der Waals surface area contributed by atoms with Gasteiger partial charge in [0.2, 0.25) is 5.91 Å². The Balaban J connectivity index is 0.00000312.